The van der Waals surface area contributed by atoms with Crippen molar-refractivity contribution >= 4 is 29.2 Å². The minimum Gasteiger partial charge on any atom is -0.358 e. The highest BCUT2D eigenvalue weighted by atomic mass is 19.1. The van der Waals surface area contributed by atoms with Crippen LogP contribution in [0.15, 0.2) is 42.5 Å². The van der Waals surface area contributed by atoms with E-state index in [2.05, 4.69) is 34.4 Å². The van der Waals surface area contributed by atoms with Crippen molar-refractivity contribution in [3.8, 4) is 11.1 Å². The van der Waals surface area contributed by atoms with Crippen LogP contribution in [0.2, 0.25) is 0 Å². The Labute approximate surface area is 211 Å². The third-order valence-electron chi connectivity index (χ3n) is 6.79. The summed E-state index contributed by atoms with van der Waals surface area (Å²) in [6.07, 6.45) is 2.66. The number of nitrogens with one attached hydrogen (secondary N) is 3. The van der Waals surface area contributed by atoms with Crippen LogP contribution in [0.25, 0.3) is 22.8 Å². The first-order valence-electron chi connectivity index (χ1n) is 12.5. The number of halogens is 1. The van der Waals surface area contributed by atoms with E-state index in [0.717, 1.165) is 48.4 Å². The lowest BCUT2D eigenvalue weighted by molar-refractivity contribution is -0.110. The molecule has 0 spiro atoms. The van der Waals surface area contributed by atoms with Gasteiger partial charge in [0.2, 0.25) is 0 Å². The number of carbonyl (C=O) groups excluding carboxylic acids is 2. The number of aromatic amines is 1. The molecule has 1 aliphatic rings. The second-order valence-electron chi connectivity index (χ2n) is 9.05. The van der Waals surface area contributed by atoms with Crippen molar-refractivity contribution in [3.63, 3.8) is 0 Å². The van der Waals surface area contributed by atoms with Crippen molar-refractivity contribution in [2.45, 2.75) is 34.1 Å². The van der Waals surface area contributed by atoms with Gasteiger partial charge >= 0.3 is 0 Å². The molecule has 1 aliphatic heterocycles. The Morgan fingerprint density at radius 2 is 1.86 bits per heavy atom. The highest BCUT2D eigenvalue weighted by molar-refractivity contribution is 6.36. The number of benzene rings is 2. The Hall–Kier alpha value is -3.71. The predicted molar refractivity (Wildman–Crippen MR) is 143 cm³/mol. The molecule has 2 heterocycles. The normalized spacial score (nSPS) is 13.8. The van der Waals surface area contributed by atoms with Crippen LogP contribution in [0, 0.1) is 19.7 Å². The third-order valence-corrected chi connectivity index (χ3v) is 6.79. The highest BCUT2D eigenvalue weighted by Crippen LogP contribution is 2.40. The molecule has 2 aromatic carbocycles. The summed E-state index contributed by atoms with van der Waals surface area (Å²) in [7, 11) is 0. The maximum absolute atomic E-state index is 13.9. The Balaban J connectivity index is 1.62. The van der Waals surface area contributed by atoms with Crippen molar-refractivity contribution in [2.24, 2.45) is 0 Å². The van der Waals surface area contributed by atoms with Crippen LogP contribution >= 0.6 is 0 Å². The summed E-state index contributed by atoms with van der Waals surface area (Å²) in [6.45, 7) is 11.5. The van der Waals surface area contributed by atoms with Crippen molar-refractivity contribution in [2.75, 3.05) is 31.5 Å². The average molecular weight is 489 g/mol. The second kappa shape index (κ2) is 10.9. The smallest absolute Gasteiger partial charge is 0.256 e. The lowest BCUT2D eigenvalue weighted by Crippen LogP contribution is -2.30. The van der Waals surface area contributed by atoms with Crippen LogP contribution in [-0.2, 0) is 4.79 Å². The van der Waals surface area contributed by atoms with Crippen molar-refractivity contribution < 1.29 is 14.0 Å². The van der Waals surface area contributed by atoms with Gasteiger partial charge in [-0.2, -0.15) is 0 Å². The van der Waals surface area contributed by atoms with Gasteiger partial charge in [0.15, 0.2) is 0 Å². The molecule has 0 aliphatic carbocycles. The molecule has 0 fully saturated rings. The first-order chi connectivity index (χ1) is 17.3. The number of rotatable bonds is 9. The summed E-state index contributed by atoms with van der Waals surface area (Å²) in [5, 5.41) is 5.94. The fourth-order valence-electron chi connectivity index (χ4n) is 4.82. The molecule has 0 saturated carbocycles. The number of hydrogen-bond donors (Lipinski definition) is 3. The standard InChI is InChI=1S/C29H33FN4O2/c1-5-34(6-2)15-9-14-31-29(36)26-18(3)25(32-19(26)4)17-23-27-22(20-10-7-11-21(30)16-20)12-8-13-24(27)33-28(23)35/h7-8,10-13,16-17,32H,5-6,9,14-15H2,1-4H3,(H,31,36)(H,33,35)/b23-17-. The van der Waals surface area contributed by atoms with E-state index in [1.165, 1.54) is 12.1 Å². The van der Waals surface area contributed by atoms with Gasteiger partial charge < -0.3 is 20.5 Å². The van der Waals surface area contributed by atoms with Gasteiger partial charge in [-0.05, 0) is 80.9 Å². The van der Waals surface area contributed by atoms with Gasteiger partial charge in [-0.1, -0.05) is 38.1 Å². The summed E-state index contributed by atoms with van der Waals surface area (Å²) in [5.41, 5.74) is 6.17. The lowest BCUT2D eigenvalue weighted by atomic mass is 9.94. The van der Waals surface area contributed by atoms with E-state index in [-0.39, 0.29) is 17.6 Å². The molecule has 0 bridgehead atoms. The number of H-pyrrole nitrogens is 1. The number of amides is 2. The van der Waals surface area contributed by atoms with Gasteiger partial charge in [0.05, 0.1) is 11.1 Å². The summed E-state index contributed by atoms with van der Waals surface area (Å²) in [5.74, 6) is -0.693. The van der Waals surface area contributed by atoms with E-state index in [1.54, 1.807) is 12.1 Å². The third kappa shape index (κ3) is 5.11. The van der Waals surface area contributed by atoms with Crippen molar-refractivity contribution in [3.05, 3.63) is 76.4 Å². The fraction of sp³-hybridized carbons (Fsp3) is 0.310. The van der Waals surface area contributed by atoms with E-state index in [9.17, 15) is 14.0 Å². The predicted octanol–water partition coefficient (Wildman–Crippen LogP) is 5.39. The van der Waals surface area contributed by atoms with E-state index < -0.39 is 0 Å². The molecule has 7 heteroatoms. The molecule has 2 amide bonds. The van der Waals surface area contributed by atoms with Crippen LogP contribution in [0.1, 0.15) is 53.1 Å². The second-order valence-corrected chi connectivity index (χ2v) is 9.05. The number of hydrogen-bond acceptors (Lipinski definition) is 3. The van der Waals surface area contributed by atoms with Crippen LogP contribution in [-0.4, -0.2) is 47.9 Å². The Kier molecular flexibility index (Phi) is 7.70. The van der Waals surface area contributed by atoms with Gasteiger partial charge in [-0.15, -0.1) is 0 Å². The Morgan fingerprint density at radius 1 is 1.11 bits per heavy atom. The van der Waals surface area contributed by atoms with E-state index in [1.807, 2.05) is 38.1 Å². The van der Waals surface area contributed by atoms with Crippen LogP contribution < -0.4 is 10.6 Å². The SMILES string of the molecule is CCN(CC)CCCNC(=O)c1c(C)[nH]c(/C=C2\C(=O)Nc3cccc(-c4cccc(F)c4)c32)c1C. The summed E-state index contributed by atoms with van der Waals surface area (Å²) in [6, 6.07) is 11.9. The molecule has 0 atom stereocenters. The molecule has 4 rings (SSSR count). The van der Waals surface area contributed by atoms with Gasteiger partial charge in [0.25, 0.3) is 11.8 Å². The number of carbonyl (C=O) groups is 2. The van der Waals surface area contributed by atoms with Crippen LogP contribution in [0.5, 0.6) is 0 Å². The highest BCUT2D eigenvalue weighted by Gasteiger charge is 2.28. The zero-order valence-corrected chi connectivity index (χ0v) is 21.3. The number of aromatic nitrogens is 1. The van der Waals surface area contributed by atoms with Gasteiger partial charge in [-0.3, -0.25) is 9.59 Å². The number of anilines is 1. The fourth-order valence-corrected chi connectivity index (χ4v) is 4.82. The molecular formula is C29H33FN4O2. The zero-order valence-electron chi connectivity index (χ0n) is 21.3. The monoisotopic (exact) mass is 488 g/mol. The largest absolute Gasteiger partial charge is 0.358 e. The Bertz CT molecular complexity index is 1320. The first kappa shape index (κ1) is 25.4. The van der Waals surface area contributed by atoms with E-state index in [0.29, 0.717) is 34.6 Å². The molecular weight excluding hydrogens is 455 g/mol. The molecule has 3 N–H and O–H groups in total. The zero-order chi connectivity index (χ0) is 25.8. The van der Waals surface area contributed by atoms with Crippen LogP contribution in [0.4, 0.5) is 10.1 Å². The summed E-state index contributed by atoms with van der Waals surface area (Å²) in [4.78, 5) is 31.5. The van der Waals surface area contributed by atoms with E-state index in [4.69, 9.17) is 0 Å². The molecule has 0 unspecified atom stereocenters. The number of aryl methyl sites for hydroxylation is 1. The maximum atomic E-state index is 13.9. The first-order valence-corrected chi connectivity index (χ1v) is 12.5. The lowest BCUT2D eigenvalue weighted by Gasteiger charge is -2.17. The van der Waals surface area contributed by atoms with Gasteiger partial charge in [0.1, 0.15) is 5.82 Å². The van der Waals surface area contributed by atoms with Gasteiger partial charge in [-0.25, -0.2) is 4.39 Å². The topological polar surface area (TPSA) is 77.2 Å². The molecule has 0 radical (unpaired) electrons. The number of nitrogens with zero attached hydrogens (tertiary/aromatic N) is 1. The van der Waals surface area contributed by atoms with E-state index >= 15 is 0 Å². The number of fused-ring (bicyclic) bond motifs is 1. The van der Waals surface area contributed by atoms with Gasteiger partial charge in [0, 0.05) is 29.2 Å². The molecule has 188 valence electrons. The molecule has 36 heavy (non-hydrogen) atoms. The summed E-state index contributed by atoms with van der Waals surface area (Å²) >= 11 is 0. The minimum atomic E-state index is -0.337. The average Bonchev–Trinajstić information content (AvgIpc) is 3.33. The minimum absolute atomic E-state index is 0.123. The molecule has 0 saturated heterocycles. The van der Waals surface area contributed by atoms with Crippen LogP contribution in [0.3, 0.4) is 0 Å². The van der Waals surface area contributed by atoms with Crippen molar-refractivity contribution in [1.29, 1.82) is 0 Å². The van der Waals surface area contributed by atoms with Crippen molar-refractivity contribution in [1.82, 2.24) is 15.2 Å². The molecule has 1 aromatic heterocycles. The molecule has 6 nitrogen and oxygen atoms in total. The maximum Gasteiger partial charge on any atom is 0.256 e. The quantitative estimate of drug-likeness (QED) is 0.279. The molecule has 3 aromatic rings. The Morgan fingerprint density at radius 3 is 2.58 bits per heavy atom. The summed E-state index contributed by atoms with van der Waals surface area (Å²) < 4.78 is 13.9.